The fourth-order valence-electron chi connectivity index (χ4n) is 2.45. The topological polar surface area (TPSA) is 68.8 Å². The van der Waals surface area contributed by atoms with Crippen LogP contribution in [0.2, 0.25) is 5.02 Å². The van der Waals surface area contributed by atoms with Crippen LogP contribution in [0.4, 0.5) is 11.4 Å². The monoisotopic (exact) mass is 368 g/mol. The van der Waals surface area contributed by atoms with Gasteiger partial charge in [0.1, 0.15) is 11.4 Å². The number of methoxy groups -OCH3 is 1. The summed E-state index contributed by atoms with van der Waals surface area (Å²) in [5, 5.41) is 13.4. The summed E-state index contributed by atoms with van der Waals surface area (Å²) < 4.78 is 6.45. The van der Waals surface area contributed by atoms with Crippen LogP contribution in [0.25, 0.3) is 0 Å². The molecule has 3 rings (SSSR count). The maximum absolute atomic E-state index is 12.7. The fraction of sp³-hybridized carbons (Fsp3) is 0.158. The quantitative estimate of drug-likeness (QED) is 0.589. The molecule has 0 unspecified atom stereocenters. The van der Waals surface area contributed by atoms with Crippen LogP contribution in [0.5, 0.6) is 5.75 Å². The van der Waals surface area contributed by atoms with Crippen LogP contribution in [0, 0.1) is 13.8 Å². The molecule has 26 heavy (non-hydrogen) atoms. The summed E-state index contributed by atoms with van der Waals surface area (Å²) in [6.07, 6.45) is 0. The van der Waals surface area contributed by atoms with E-state index in [1.54, 1.807) is 69.5 Å². The highest BCUT2D eigenvalue weighted by molar-refractivity contribution is 6.30. The van der Waals surface area contributed by atoms with Crippen LogP contribution in [0.3, 0.4) is 0 Å². The first kappa shape index (κ1) is 17.8. The molecule has 0 spiro atoms. The molecule has 1 heterocycles. The second kappa shape index (κ2) is 7.49. The second-order valence-electron chi connectivity index (χ2n) is 5.64. The molecule has 0 aliphatic carbocycles. The highest BCUT2D eigenvalue weighted by Crippen LogP contribution is 2.27. The van der Waals surface area contributed by atoms with Gasteiger partial charge in [-0.25, -0.2) is 0 Å². The lowest BCUT2D eigenvalue weighted by molar-refractivity contribution is 0.0942. The van der Waals surface area contributed by atoms with Crippen LogP contribution in [0.15, 0.2) is 58.8 Å². The first-order valence-corrected chi connectivity index (χ1v) is 8.29. The number of carbonyl (C=O) groups excluding carboxylic acids is 1. The minimum atomic E-state index is -0.235. The lowest BCUT2D eigenvalue weighted by Gasteiger charge is -2.04. The summed E-state index contributed by atoms with van der Waals surface area (Å²) in [6, 6.07) is 13.9. The average Bonchev–Trinajstić information content (AvgIpc) is 2.95. The van der Waals surface area contributed by atoms with Crippen molar-refractivity contribution < 1.29 is 9.53 Å². The third-order valence-corrected chi connectivity index (χ3v) is 4.13. The Morgan fingerprint density at radius 2 is 1.69 bits per heavy atom. The van der Waals surface area contributed by atoms with Gasteiger partial charge < -0.3 is 4.74 Å². The number of rotatable bonds is 4. The largest absolute Gasteiger partial charge is 0.497 e. The number of aromatic nitrogens is 2. The highest BCUT2D eigenvalue weighted by Gasteiger charge is 2.18. The van der Waals surface area contributed by atoms with E-state index in [1.807, 2.05) is 0 Å². The van der Waals surface area contributed by atoms with Crippen LogP contribution in [0.1, 0.15) is 21.7 Å². The van der Waals surface area contributed by atoms with E-state index in [1.165, 1.54) is 4.68 Å². The van der Waals surface area contributed by atoms with Gasteiger partial charge in [-0.1, -0.05) is 11.6 Å². The van der Waals surface area contributed by atoms with Crippen LogP contribution in [-0.4, -0.2) is 22.8 Å². The molecule has 0 saturated heterocycles. The van der Waals surface area contributed by atoms with E-state index in [-0.39, 0.29) is 5.91 Å². The number of benzene rings is 2. The van der Waals surface area contributed by atoms with Crippen molar-refractivity contribution in [1.29, 1.82) is 0 Å². The predicted octanol–water partition coefficient (Wildman–Crippen LogP) is 5.27. The van der Waals surface area contributed by atoms with Gasteiger partial charge in [0.2, 0.25) is 0 Å². The van der Waals surface area contributed by atoms with E-state index in [9.17, 15) is 4.79 Å². The average molecular weight is 369 g/mol. The molecule has 132 valence electrons. The molecule has 1 aromatic heterocycles. The first-order valence-electron chi connectivity index (χ1n) is 7.92. The molecule has 0 aliphatic rings. The Morgan fingerprint density at radius 1 is 1.04 bits per heavy atom. The third kappa shape index (κ3) is 3.65. The normalized spacial score (nSPS) is 11.1. The molecule has 0 N–H and O–H groups in total. The maximum atomic E-state index is 12.7. The van der Waals surface area contributed by atoms with Gasteiger partial charge in [0.05, 0.1) is 24.2 Å². The Balaban J connectivity index is 1.89. The summed E-state index contributed by atoms with van der Waals surface area (Å²) in [7, 11) is 1.58. The van der Waals surface area contributed by atoms with Crippen molar-refractivity contribution >= 4 is 28.9 Å². The molecule has 3 aromatic rings. The molecule has 0 aliphatic heterocycles. The molecule has 6 nitrogen and oxygen atoms in total. The van der Waals surface area contributed by atoms with Gasteiger partial charge >= 0.3 is 0 Å². The van der Waals surface area contributed by atoms with Gasteiger partial charge in [-0.05, 0) is 62.4 Å². The number of aryl methyl sites for hydroxylation is 1. The van der Waals surface area contributed by atoms with Gasteiger partial charge in [-0.15, -0.1) is 5.11 Å². The van der Waals surface area contributed by atoms with Crippen LogP contribution < -0.4 is 4.74 Å². The first-order chi connectivity index (χ1) is 12.5. The Kier molecular flexibility index (Phi) is 5.14. The number of nitrogens with zero attached hydrogens (tertiary/aromatic N) is 4. The zero-order valence-electron chi connectivity index (χ0n) is 14.6. The fourth-order valence-corrected chi connectivity index (χ4v) is 2.57. The maximum Gasteiger partial charge on any atom is 0.278 e. The smallest absolute Gasteiger partial charge is 0.278 e. The summed E-state index contributed by atoms with van der Waals surface area (Å²) in [4.78, 5) is 12.7. The van der Waals surface area contributed by atoms with Crippen molar-refractivity contribution in [2.45, 2.75) is 13.8 Å². The highest BCUT2D eigenvalue weighted by atomic mass is 35.5. The van der Waals surface area contributed by atoms with E-state index in [4.69, 9.17) is 16.3 Å². The second-order valence-corrected chi connectivity index (χ2v) is 6.08. The molecule has 2 aromatic carbocycles. The van der Waals surface area contributed by atoms with Crippen molar-refractivity contribution in [2.75, 3.05) is 7.11 Å². The van der Waals surface area contributed by atoms with E-state index < -0.39 is 0 Å². The molecule has 0 saturated carbocycles. The molecular weight excluding hydrogens is 352 g/mol. The molecule has 0 atom stereocenters. The van der Waals surface area contributed by atoms with Crippen molar-refractivity contribution in [2.24, 2.45) is 10.2 Å². The van der Waals surface area contributed by atoms with Gasteiger partial charge in [-0.3, -0.25) is 4.79 Å². The predicted molar refractivity (Wildman–Crippen MR) is 100 cm³/mol. The zero-order chi connectivity index (χ0) is 18.7. The van der Waals surface area contributed by atoms with Crippen molar-refractivity contribution in [3.8, 4) is 5.75 Å². The summed E-state index contributed by atoms with van der Waals surface area (Å²) in [6.45, 7) is 3.58. The molecule has 0 fully saturated rings. The minimum Gasteiger partial charge on any atom is -0.497 e. The number of azo groups is 1. The van der Waals surface area contributed by atoms with Gasteiger partial charge in [0.25, 0.3) is 5.91 Å². The van der Waals surface area contributed by atoms with Gasteiger partial charge in [0.15, 0.2) is 0 Å². The SMILES string of the molecule is COc1ccc(C(=O)n2nc(C)c(N=Nc3ccc(Cl)cc3)c2C)cc1. The number of halogens is 1. The zero-order valence-corrected chi connectivity index (χ0v) is 15.4. The Hall–Kier alpha value is -2.99. The van der Waals surface area contributed by atoms with Crippen molar-refractivity contribution in [1.82, 2.24) is 9.78 Å². The molecular formula is C19H17ClN4O2. The lowest BCUT2D eigenvalue weighted by Crippen LogP contribution is -2.15. The Morgan fingerprint density at radius 3 is 2.31 bits per heavy atom. The molecule has 0 radical (unpaired) electrons. The van der Waals surface area contributed by atoms with Gasteiger partial charge in [-0.2, -0.15) is 14.9 Å². The van der Waals surface area contributed by atoms with Crippen molar-refractivity contribution in [3.63, 3.8) is 0 Å². The Bertz CT molecular complexity index is 960. The number of hydrogen-bond donors (Lipinski definition) is 0. The Labute approximate surface area is 156 Å². The van der Waals surface area contributed by atoms with Gasteiger partial charge in [0, 0.05) is 10.6 Å². The minimum absolute atomic E-state index is 0.235. The van der Waals surface area contributed by atoms with Crippen LogP contribution in [-0.2, 0) is 0 Å². The summed E-state index contributed by atoms with van der Waals surface area (Å²) >= 11 is 5.86. The number of carbonyl (C=O) groups is 1. The van der Waals surface area contributed by atoms with E-state index >= 15 is 0 Å². The van der Waals surface area contributed by atoms with E-state index in [0.29, 0.717) is 39.1 Å². The molecule has 7 heteroatoms. The summed E-state index contributed by atoms with van der Waals surface area (Å²) in [5.74, 6) is 0.452. The van der Waals surface area contributed by atoms with Crippen LogP contribution >= 0.6 is 11.6 Å². The molecule has 0 amide bonds. The summed E-state index contributed by atoms with van der Waals surface area (Å²) in [5.41, 5.74) is 3.00. The third-order valence-electron chi connectivity index (χ3n) is 3.87. The molecule has 0 bridgehead atoms. The lowest BCUT2D eigenvalue weighted by atomic mass is 10.2. The van der Waals surface area contributed by atoms with Crippen molar-refractivity contribution in [3.05, 3.63) is 70.5 Å². The number of ether oxygens (including phenoxy) is 1. The standard InChI is InChI=1S/C19H17ClN4O2/c1-12-18(22-21-16-8-6-15(20)7-9-16)13(2)24(23-12)19(25)14-4-10-17(26-3)11-5-14/h4-11H,1-3H3. The van der Waals surface area contributed by atoms with E-state index in [2.05, 4.69) is 15.3 Å². The number of hydrogen-bond acceptors (Lipinski definition) is 5. The van der Waals surface area contributed by atoms with E-state index in [0.717, 1.165) is 0 Å².